The predicted molar refractivity (Wildman–Crippen MR) is 83.3 cm³/mol. The van der Waals surface area contributed by atoms with Crippen LogP contribution < -0.4 is 5.73 Å². The molecule has 0 atom stereocenters. The molecule has 0 saturated carbocycles. The number of para-hydroxylation sites is 1. The van der Waals surface area contributed by atoms with Crippen molar-refractivity contribution in [3.05, 3.63) is 51.9 Å². The Morgan fingerprint density at radius 2 is 2.10 bits per heavy atom. The first-order valence-corrected chi connectivity index (χ1v) is 6.88. The number of rotatable bonds is 2. The molecule has 0 saturated heterocycles. The number of azide groups is 1. The van der Waals surface area contributed by atoms with Crippen LogP contribution in [0.4, 0.5) is 11.4 Å². The van der Waals surface area contributed by atoms with E-state index in [1.54, 1.807) is 23.5 Å². The first kappa shape index (κ1) is 12.7. The summed E-state index contributed by atoms with van der Waals surface area (Å²) in [6.07, 6.45) is 0. The van der Waals surface area contributed by atoms with Crippen LogP contribution in [-0.2, 0) is 0 Å². The van der Waals surface area contributed by atoms with Gasteiger partial charge in [-0.15, -0.1) is 11.3 Å². The van der Waals surface area contributed by atoms with Crippen LogP contribution >= 0.6 is 22.9 Å². The lowest BCUT2D eigenvalue weighted by Gasteiger charge is -2.04. The topological polar surface area (TPSA) is 87.7 Å². The second-order valence-electron chi connectivity index (χ2n) is 4.07. The highest BCUT2D eigenvalue weighted by atomic mass is 35.5. The van der Waals surface area contributed by atoms with Gasteiger partial charge in [-0.1, -0.05) is 28.8 Å². The summed E-state index contributed by atoms with van der Waals surface area (Å²) >= 11 is 7.62. The van der Waals surface area contributed by atoms with E-state index >= 15 is 0 Å². The molecule has 0 spiro atoms. The van der Waals surface area contributed by atoms with Crippen LogP contribution in [0.2, 0.25) is 5.02 Å². The van der Waals surface area contributed by atoms with Crippen LogP contribution in [0.15, 0.2) is 41.5 Å². The van der Waals surface area contributed by atoms with E-state index in [1.165, 1.54) is 0 Å². The molecule has 98 valence electrons. The van der Waals surface area contributed by atoms with Crippen LogP contribution in [0.5, 0.6) is 0 Å². The molecule has 1 heterocycles. The SMILES string of the molecule is [N-]=[N+]=Nc1cc(-c2nc3ccccc3s2)cc(Cl)c1N. The van der Waals surface area contributed by atoms with Gasteiger partial charge in [-0.3, -0.25) is 0 Å². The van der Waals surface area contributed by atoms with Gasteiger partial charge in [-0.25, -0.2) is 4.98 Å². The Labute approximate surface area is 123 Å². The Balaban J connectivity index is 2.20. The molecule has 7 heteroatoms. The molecule has 20 heavy (non-hydrogen) atoms. The number of hydrogen-bond acceptors (Lipinski definition) is 4. The highest BCUT2D eigenvalue weighted by Gasteiger charge is 2.10. The van der Waals surface area contributed by atoms with Crippen molar-refractivity contribution in [3.8, 4) is 10.6 Å². The summed E-state index contributed by atoms with van der Waals surface area (Å²) in [4.78, 5) is 7.29. The number of anilines is 1. The first-order chi connectivity index (χ1) is 9.69. The van der Waals surface area contributed by atoms with Gasteiger partial charge in [0.25, 0.3) is 0 Å². The van der Waals surface area contributed by atoms with Crippen molar-refractivity contribution >= 4 is 44.5 Å². The minimum absolute atomic E-state index is 0.273. The molecule has 0 aliphatic carbocycles. The highest BCUT2D eigenvalue weighted by molar-refractivity contribution is 7.21. The monoisotopic (exact) mass is 301 g/mol. The summed E-state index contributed by atoms with van der Waals surface area (Å²) in [6.45, 7) is 0. The molecule has 1 aromatic heterocycles. The Bertz CT molecular complexity index is 818. The third kappa shape index (κ3) is 2.16. The van der Waals surface area contributed by atoms with Gasteiger partial charge in [-0.2, -0.15) is 0 Å². The van der Waals surface area contributed by atoms with E-state index in [0.717, 1.165) is 20.8 Å². The fourth-order valence-electron chi connectivity index (χ4n) is 1.85. The third-order valence-corrected chi connectivity index (χ3v) is 4.20. The van der Waals surface area contributed by atoms with Crippen molar-refractivity contribution in [2.45, 2.75) is 0 Å². The van der Waals surface area contributed by atoms with Gasteiger partial charge >= 0.3 is 0 Å². The van der Waals surface area contributed by atoms with Crippen LogP contribution in [0.3, 0.4) is 0 Å². The number of halogens is 1. The fourth-order valence-corrected chi connectivity index (χ4v) is 3.02. The average Bonchev–Trinajstić information content (AvgIpc) is 2.87. The standard InChI is InChI=1S/C13H8ClN5S/c14-8-5-7(6-10(12(8)15)18-19-16)13-17-9-3-1-2-4-11(9)20-13/h1-6H,15H2. The van der Waals surface area contributed by atoms with Gasteiger partial charge in [0, 0.05) is 10.5 Å². The number of nitrogen functional groups attached to an aromatic ring is 1. The summed E-state index contributed by atoms with van der Waals surface area (Å²) in [5, 5.41) is 4.71. The lowest BCUT2D eigenvalue weighted by atomic mass is 10.2. The zero-order valence-electron chi connectivity index (χ0n) is 10.1. The van der Waals surface area contributed by atoms with Crippen LogP contribution in [-0.4, -0.2) is 4.98 Å². The number of fused-ring (bicyclic) bond motifs is 1. The Kier molecular flexibility index (Phi) is 3.20. The maximum atomic E-state index is 8.56. The van der Waals surface area contributed by atoms with E-state index in [0.29, 0.717) is 10.7 Å². The minimum atomic E-state index is 0.273. The molecule has 0 fully saturated rings. The number of benzene rings is 2. The smallest absolute Gasteiger partial charge is 0.124 e. The number of nitrogens with zero attached hydrogens (tertiary/aromatic N) is 4. The third-order valence-electron chi connectivity index (χ3n) is 2.80. The molecule has 0 amide bonds. The number of hydrogen-bond donors (Lipinski definition) is 1. The number of thiazole rings is 1. The van der Waals surface area contributed by atoms with Crippen LogP contribution in [0, 0.1) is 0 Å². The van der Waals surface area contributed by atoms with Gasteiger partial charge in [0.2, 0.25) is 0 Å². The molecular weight excluding hydrogens is 294 g/mol. The van der Waals surface area contributed by atoms with Crippen LogP contribution in [0.1, 0.15) is 0 Å². The molecule has 0 aliphatic heterocycles. The van der Waals surface area contributed by atoms with Crippen molar-refractivity contribution in [2.75, 3.05) is 5.73 Å². The predicted octanol–water partition coefficient (Wildman–Crippen LogP) is 5.14. The zero-order valence-corrected chi connectivity index (χ0v) is 11.7. The lowest BCUT2D eigenvalue weighted by molar-refractivity contribution is 1.44. The summed E-state index contributed by atoms with van der Waals surface area (Å²) in [5.41, 5.74) is 16.6. The van der Waals surface area contributed by atoms with Crippen molar-refractivity contribution in [1.82, 2.24) is 4.98 Å². The quantitative estimate of drug-likeness (QED) is 0.307. The second-order valence-corrected chi connectivity index (χ2v) is 5.50. The molecule has 0 unspecified atom stereocenters. The zero-order chi connectivity index (χ0) is 14.1. The molecule has 0 aliphatic rings. The molecule has 5 nitrogen and oxygen atoms in total. The van der Waals surface area contributed by atoms with Gasteiger partial charge in [-0.05, 0) is 29.8 Å². The largest absolute Gasteiger partial charge is 0.397 e. The Hall–Kier alpha value is -2.27. The number of nitrogens with two attached hydrogens (primary N) is 1. The summed E-state index contributed by atoms with van der Waals surface area (Å²) in [5.74, 6) is 0. The lowest BCUT2D eigenvalue weighted by Crippen LogP contribution is -1.88. The van der Waals surface area contributed by atoms with E-state index in [9.17, 15) is 0 Å². The van der Waals surface area contributed by atoms with E-state index in [4.69, 9.17) is 22.9 Å². The summed E-state index contributed by atoms with van der Waals surface area (Å²) < 4.78 is 1.08. The average molecular weight is 302 g/mol. The van der Waals surface area contributed by atoms with E-state index < -0.39 is 0 Å². The van der Waals surface area contributed by atoms with Crippen molar-refractivity contribution in [2.24, 2.45) is 5.11 Å². The van der Waals surface area contributed by atoms with Crippen LogP contribution in [0.25, 0.3) is 31.2 Å². The van der Waals surface area contributed by atoms with Crippen molar-refractivity contribution in [1.29, 1.82) is 0 Å². The maximum absolute atomic E-state index is 8.56. The molecule has 3 rings (SSSR count). The second kappa shape index (κ2) is 5.02. The Morgan fingerprint density at radius 1 is 1.30 bits per heavy atom. The molecular formula is C13H8ClN5S. The number of aromatic nitrogens is 1. The van der Waals surface area contributed by atoms with Gasteiger partial charge < -0.3 is 5.73 Å². The van der Waals surface area contributed by atoms with E-state index in [-0.39, 0.29) is 5.69 Å². The van der Waals surface area contributed by atoms with E-state index in [2.05, 4.69) is 15.0 Å². The van der Waals surface area contributed by atoms with Gasteiger partial charge in [0.15, 0.2) is 0 Å². The normalized spacial score (nSPS) is 10.4. The van der Waals surface area contributed by atoms with Crippen molar-refractivity contribution < 1.29 is 0 Å². The molecule has 3 aromatic rings. The molecule has 0 bridgehead atoms. The summed E-state index contributed by atoms with van der Waals surface area (Å²) in [7, 11) is 0. The molecule has 2 aromatic carbocycles. The van der Waals surface area contributed by atoms with Crippen molar-refractivity contribution in [3.63, 3.8) is 0 Å². The highest BCUT2D eigenvalue weighted by Crippen LogP contribution is 2.38. The fraction of sp³-hybridized carbons (Fsp3) is 0. The Morgan fingerprint density at radius 3 is 2.85 bits per heavy atom. The first-order valence-electron chi connectivity index (χ1n) is 5.69. The van der Waals surface area contributed by atoms with E-state index in [1.807, 2.05) is 24.3 Å². The molecule has 0 radical (unpaired) electrons. The maximum Gasteiger partial charge on any atom is 0.124 e. The summed E-state index contributed by atoms with van der Waals surface area (Å²) in [6, 6.07) is 11.3. The van der Waals surface area contributed by atoms with Gasteiger partial charge in [0.1, 0.15) is 5.01 Å². The minimum Gasteiger partial charge on any atom is -0.397 e. The molecule has 2 N–H and O–H groups in total. The van der Waals surface area contributed by atoms with Gasteiger partial charge in [0.05, 0.1) is 26.6 Å².